The minimum absolute atomic E-state index is 0.00309. The van der Waals surface area contributed by atoms with Crippen molar-refractivity contribution in [3.63, 3.8) is 0 Å². The summed E-state index contributed by atoms with van der Waals surface area (Å²) in [6, 6.07) is 21.9. The minimum atomic E-state index is -4.12. The van der Waals surface area contributed by atoms with E-state index >= 15 is 0 Å². The monoisotopic (exact) mass is 449 g/mol. The number of nitrogens with zero attached hydrogens (tertiary/aromatic N) is 1. The van der Waals surface area contributed by atoms with Crippen LogP contribution in [-0.4, -0.2) is 30.6 Å². The first-order chi connectivity index (χ1) is 15.3. The lowest BCUT2D eigenvalue weighted by molar-refractivity contribution is -0.128. The van der Waals surface area contributed by atoms with E-state index in [2.05, 4.69) is 10.6 Å². The minimum Gasteiger partial charge on any atom is -0.356 e. The lowest BCUT2D eigenvalue weighted by Crippen LogP contribution is -2.45. The van der Waals surface area contributed by atoms with Gasteiger partial charge >= 0.3 is 0 Å². The predicted molar refractivity (Wildman–Crippen MR) is 123 cm³/mol. The van der Waals surface area contributed by atoms with E-state index in [4.69, 9.17) is 0 Å². The van der Waals surface area contributed by atoms with Crippen LogP contribution in [0.5, 0.6) is 0 Å². The number of benzene rings is 3. The van der Waals surface area contributed by atoms with E-state index in [9.17, 15) is 18.0 Å². The lowest BCUT2D eigenvalue weighted by atomic mass is 10.2. The van der Waals surface area contributed by atoms with Crippen molar-refractivity contribution in [1.82, 2.24) is 4.31 Å². The van der Waals surface area contributed by atoms with Crippen LogP contribution in [0.1, 0.15) is 18.4 Å². The molecule has 0 saturated carbocycles. The fraction of sp³-hybridized carbons (Fsp3) is 0.167. The van der Waals surface area contributed by atoms with Crippen LogP contribution in [0.25, 0.3) is 0 Å². The number of hydrogen-bond acceptors (Lipinski definition) is 5. The van der Waals surface area contributed by atoms with Gasteiger partial charge in [-0.15, -0.1) is 0 Å². The summed E-state index contributed by atoms with van der Waals surface area (Å²) in [5.41, 5.74) is 3.19. The van der Waals surface area contributed by atoms with Gasteiger partial charge in [0, 0.05) is 23.5 Å². The highest BCUT2D eigenvalue weighted by Gasteiger charge is 2.44. The molecule has 1 aliphatic rings. The van der Waals surface area contributed by atoms with Gasteiger partial charge < -0.3 is 10.6 Å². The molecule has 0 aliphatic carbocycles. The van der Waals surface area contributed by atoms with Crippen molar-refractivity contribution < 1.29 is 18.0 Å². The standard InChI is InChI=1S/C24H23N3O4S/c1-17-7-13-21(14-8-17)32(30,31)27-22(15-16-23(27)28)24(29)26-20-11-9-19(10-12-20)25-18-5-3-2-4-6-18/h2-14,22,25H,15-16H2,1H3,(H,26,29)/t22-/m0/s1. The maximum absolute atomic E-state index is 13.1. The number of rotatable bonds is 6. The Kier molecular flexibility index (Phi) is 5.96. The summed E-state index contributed by atoms with van der Waals surface area (Å²) < 4.78 is 26.8. The summed E-state index contributed by atoms with van der Waals surface area (Å²) in [5.74, 6) is -1.11. The van der Waals surface area contributed by atoms with Crippen LogP contribution in [0, 0.1) is 6.92 Å². The zero-order valence-corrected chi connectivity index (χ0v) is 18.3. The molecule has 3 aromatic rings. The van der Waals surface area contributed by atoms with E-state index in [1.807, 2.05) is 49.4 Å². The van der Waals surface area contributed by atoms with Gasteiger partial charge in [0.1, 0.15) is 6.04 Å². The van der Waals surface area contributed by atoms with Crippen molar-refractivity contribution in [3.05, 3.63) is 84.4 Å². The fourth-order valence-corrected chi connectivity index (χ4v) is 5.18. The number of nitrogens with one attached hydrogen (secondary N) is 2. The maximum Gasteiger partial charge on any atom is 0.267 e. The zero-order valence-electron chi connectivity index (χ0n) is 17.5. The molecule has 3 aromatic carbocycles. The molecule has 1 fully saturated rings. The highest BCUT2D eigenvalue weighted by Crippen LogP contribution is 2.28. The van der Waals surface area contributed by atoms with E-state index in [1.165, 1.54) is 12.1 Å². The van der Waals surface area contributed by atoms with Crippen molar-refractivity contribution >= 4 is 38.9 Å². The van der Waals surface area contributed by atoms with Gasteiger partial charge in [-0.05, 0) is 61.9 Å². The lowest BCUT2D eigenvalue weighted by Gasteiger charge is -2.24. The Labute approximate surface area is 187 Å². The number of aryl methyl sites for hydroxylation is 1. The topological polar surface area (TPSA) is 95.6 Å². The Morgan fingerprint density at radius 2 is 1.47 bits per heavy atom. The molecule has 0 spiro atoms. The number of hydrogen-bond donors (Lipinski definition) is 2. The van der Waals surface area contributed by atoms with Crippen molar-refractivity contribution in [2.45, 2.75) is 30.7 Å². The second kappa shape index (κ2) is 8.84. The molecule has 8 heteroatoms. The molecule has 1 atom stereocenters. The highest BCUT2D eigenvalue weighted by atomic mass is 32.2. The third-order valence-electron chi connectivity index (χ3n) is 5.26. The molecule has 0 radical (unpaired) electrons. The molecule has 0 unspecified atom stereocenters. The summed E-state index contributed by atoms with van der Waals surface area (Å²) in [6.07, 6.45) is 0.145. The van der Waals surface area contributed by atoms with Crippen LogP contribution in [0.3, 0.4) is 0 Å². The van der Waals surface area contributed by atoms with Crippen molar-refractivity contribution in [2.75, 3.05) is 10.6 Å². The number of carbonyl (C=O) groups is 2. The molecule has 164 valence electrons. The number of carbonyl (C=O) groups excluding carboxylic acids is 2. The summed E-state index contributed by atoms with van der Waals surface area (Å²) in [5, 5.41) is 5.98. The molecular formula is C24H23N3O4S. The average molecular weight is 450 g/mol. The largest absolute Gasteiger partial charge is 0.356 e. The van der Waals surface area contributed by atoms with Gasteiger partial charge in [0.15, 0.2) is 0 Å². The summed E-state index contributed by atoms with van der Waals surface area (Å²) in [4.78, 5) is 25.3. The van der Waals surface area contributed by atoms with Crippen LogP contribution in [-0.2, 0) is 19.6 Å². The van der Waals surface area contributed by atoms with Crippen molar-refractivity contribution in [1.29, 1.82) is 0 Å². The van der Waals surface area contributed by atoms with E-state index < -0.39 is 27.9 Å². The number of sulfonamides is 1. The molecule has 32 heavy (non-hydrogen) atoms. The van der Waals surface area contributed by atoms with Gasteiger partial charge in [0.25, 0.3) is 10.0 Å². The second-order valence-electron chi connectivity index (χ2n) is 7.62. The Bertz CT molecular complexity index is 1220. The fourth-order valence-electron chi connectivity index (χ4n) is 3.58. The van der Waals surface area contributed by atoms with Crippen LogP contribution in [0.4, 0.5) is 17.1 Å². The SMILES string of the molecule is Cc1ccc(S(=O)(=O)N2C(=O)CC[C@H]2C(=O)Nc2ccc(Nc3ccccc3)cc2)cc1. The van der Waals surface area contributed by atoms with Crippen LogP contribution >= 0.6 is 0 Å². The van der Waals surface area contributed by atoms with Gasteiger partial charge in [-0.3, -0.25) is 9.59 Å². The van der Waals surface area contributed by atoms with Gasteiger partial charge in [-0.2, -0.15) is 0 Å². The Hall–Kier alpha value is -3.65. The average Bonchev–Trinajstić information content (AvgIpc) is 3.18. The first-order valence-corrected chi connectivity index (χ1v) is 11.7. The molecule has 0 aromatic heterocycles. The molecule has 4 rings (SSSR count). The molecule has 0 bridgehead atoms. The van der Waals surface area contributed by atoms with Gasteiger partial charge in [0.05, 0.1) is 4.90 Å². The smallest absolute Gasteiger partial charge is 0.267 e. The number of anilines is 3. The van der Waals surface area contributed by atoms with Gasteiger partial charge in [-0.25, -0.2) is 12.7 Å². The molecule has 1 saturated heterocycles. The normalized spacial score (nSPS) is 16.1. The first kappa shape index (κ1) is 21.6. The second-order valence-corrected chi connectivity index (χ2v) is 9.43. The summed E-state index contributed by atoms with van der Waals surface area (Å²) >= 11 is 0. The third-order valence-corrected chi connectivity index (χ3v) is 7.10. The quantitative estimate of drug-likeness (QED) is 0.592. The Morgan fingerprint density at radius 1 is 0.875 bits per heavy atom. The van der Waals surface area contributed by atoms with Gasteiger partial charge in [0.2, 0.25) is 11.8 Å². The predicted octanol–water partition coefficient (Wildman–Crippen LogP) is 4.06. The molecule has 2 N–H and O–H groups in total. The molecule has 7 nitrogen and oxygen atoms in total. The van der Waals surface area contributed by atoms with E-state index in [1.54, 1.807) is 24.3 Å². The molecule has 2 amide bonds. The summed E-state index contributed by atoms with van der Waals surface area (Å²) in [7, 11) is -4.12. The Morgan fingerprint density at radius 3 is 2.12 bits per heavy atom. The van der Waals surface area contributed by atoms with Crippen molar-refractivity contribution in [2.24, 2.45) is 0 Å². The third kappa shape index (κ3) is 4.50. The molecular weight excluding hydrogens is 426 g/mol. The van der Waals surface area contributed by atoms with Crippen LogP contribution < -0.4 is 10.6 Å². The zero-order chi connectivity index (χ0) is 22.7. The Balaban J connectivity index is 1.48. The van der Waals surface area contributed by atoms with Crippen molar-refractivity contribution in [3.8, 4) is 0 Å². The number of amides is 2. The highest BCUT2D eigenvalue weighted by molar-refractivity contribution is 7.89. The molecule has 1 aliphatic heterocycles. The number of para-hydroxylation sites is 1. The van der Waals surface area contributed by atoms with Crippen LogP contribution in [0.15, 0.2) is 83.8 Å². The molecule has 1 heterocycles. The maximum atomic E-state index is 13.1. The van der Waals surface area contributed by atoms with E-state index in [0.717, 1.165) is 21.2 Å². The first-order valence-electron chi connectivity index (χ1n) is 10.2. The van der Waals surface area contributed by atoms with Crippen LogP contribution in [0.2, 0.25) is 0 Å². The summed E-state index contributed by atoms with van der Waals surface area (Å²) in [6.45, 7) is 1.84. The van der Waals surface area contributed by atoms with E-state index in [0.29, 0.717) is 5.69 Å². The van der Waals surface area contributed by atoms with E-state index in [-0.39, 0.29) is 17.7 Å². The van der Waals surface area contributed by atoms with Gasteiger partial charge in [-0.1, -0.05) is 35.9 Å².